The topological polar surface area (TPSA) is 38.3 Å². The van der Waals surface area contributed by atoms with Gasteiger partial charge in [-0.25, -0.2) is 9.87 Å². The van der Waals surface area contributed by atoms with Crippen molar-refractivity contribution in [2.75, 3.05) is 0 Å². The fraction of sp³-hybridized carbons (Fsp3) is 0.222. The lowest BCUT2D eigenvalue weighted by Crippen LogP contribution is -2.11. The second-order valence-electron chi connectivity index (χ2n) is 2.89. The van der Waals surface area contributed by atoms with Gasteiger partial charge < -0.3 is 0 Å². The largest absolute Gasteiger partial charge is 0.273 e. The van der Waals surface area contributed by atoms with Gasteiger partial charge in [-0.2, -0.15) is 0 Å². The zero-order valence-corrected chi connectivity index (χ0v) is 6.79. The van der Waals surface area contributed by atoms with Crippen molar-refractivity contribution in [1.29, 1.82) is 0 Å². The molecule has 1 unspecified atom stereocenters. The molecule has 1 saturated heterocycles. The third-order valence-electron chi connectivity index (χ3n) is 1.93. The van der Waals surface area contributed by atoms with Crippen LogP contribution in [0.4, 0.5) is 4.39 Å². The number of carbonyl (C=O) groups is 1. The normalized spacial score (nSPS) is 21.6. The molecular weight excluding hydrogens is 173 g/mol. The van der Waals surface area contributed by atoms with E-state index in [2.05, 4.69) is 5.48 Å². The van der Waals surface area contributed by atoms with E-state index in [1.54, 1.807) is 12.1 Å². The minimum Gasteiger partial charge on any atom is -0.273 e. The summed E-state index contributed by atoms with van der Waals surface area (Å²) in [4.78, 5) is 15.8. The third kappa shape index (κ3) is 1.67. The summed E-state index contributed by atoms with van der Waals surface area (Å²) in [6.07, 6.45) is 0.0131. The second kappa shape index (κ2) is 3.14. The van der Waals surface area contributed by atoms with Gasteiger partial charge in [0.25, 0.3) is 0 Å². The molecule has 0 radical (unpaired) electrons. The first-order chi connectivity index (χ1) is 6.25. The van der Waals surface area contributed by atoms with E-state index >= 15 is 0 Å². The van der Waals surface area contributed by atoms with Crippen molar-refractivity contribution in [3.63, 3.8) is 0 Å². The van der Waals surface area contributed by atoms with Gasteiger partial charge in [-0.1, -0.05) is 12.1 Å². The summed E-state index contributed by atoms with van der Waals surface area (Å²) in [7, 11) is 0. The first kappa shape index (κ1) is 8.19. The number of rotatable bonds is 1. The Bertz CT molecular complexity index is 323. The summed E-state index contributed by atoms with van der Waals surface area (Å²) in [5.41, 5.74) is 3.06. The molecule has 1 N–H and O–H groups in total. The minimum absolute atomic E-state index is 0.144. The van der Waals surface area contributed by atoms with Gasteiger partial charge >= 0.3 is 0 Å². The Morgan fingerprint density at radius 1 is 1.38 bits per heavy atom. The van der Waals surface area contributed by atoms with Crippen LogP contribution < -0.4 is 5.48 Å². The molecule has 1 amide bonds. The third-order valence-corrected chi connectivity index (χ3v) is 1.93. The molecule has 0 bridgehead atoms. The SMILES string of the molecule is O=C1CC(c2ccc(F)cc2)ON1. The van der Waals surface area contributed by atoms with E-state index in [0.717, 1.165) is 5.56 Å². The molecule has 0 saturated carbocycles. The molecule has 1 aromatic carbocycles. The van der Waals surface area contributed by atoms with Crippen molar-refractivity contribution >= 4 is 5.91 Å². The van der Waals surface area contributed by atoms with Crippen LogP contribution in [0.2, 0.25) is 0 Å². The van der Waals surface area contributed by atoms with E-state index in [4.69, 9.17) is 4.84 Å². The average Bonchev–Trinajstić information content (AvgIpc) is 2.53. The summed E-state index contributed by atoms with van der Waals surface area (Å²) in [5, 5.41) is 0. The van der Waals surface area contributed by atoms with Crippen LogP contribution in [0.5, 0.6) is 0 Å². The molecule has 3 nitrogen and oxygen atoms in total. The summed E-state index contributed by atoms with van der Waals surface area (Å²) in [5.74, 6) is -0.435. The molecular formula is C9H8FNO2. The van der Waals surface area contributed by atoms with Crippen molar-refractivity contribution < 1.29 is 14.0 Å². The van der Waals surface area contributed by atoms with Crippen LogP contribution in [-0.4, -0.2) is 5.91 Å². The summed E-state index contributed by atoms with van der Waals surface area (Å²) >= 11 is 0. The highest BCUT2D eigenvalue weighted by atomic mass is 19.1. The first-order valence-corrected chi connectivity index (χ1v) is 3.95. The number of hydrogen-bond acceptors (Lipinski definition) is 2. The molecule has 1 aliphatic heterocycles. The number of amides is 1. The molecule has 1 aromatic rings. The number of nitrogens with one attached hydrogen (secondary N) is 1. The summed E-state index contributed by atoms with van der Waals surface area (Å²) in [6.45, 7) is 0. The maximum absolute atomic E-state index is 12.5. The number of hydroxylamine groups is 1. The van der Waals surface area contributed by atoms with Crippen LogP contribution in [0, 0.1) is 5.82 Å². The maximum Gasteiger partial charge on any atom is 0.246 e. The first-order valence-electron chi connectivity index (χ1n) is 3.95. The van der Waals surface area contributed by atoms with Crippen molar-refractivity contribution in [2.24, 2.45) is 0 Å². The van der Waals surface area contributed by atoms with E-state index in [0.29, 0.717) is 6.42 Å². The Balaban J connectivity index is 2.17. The van der Waals surface area contributed by atoms with Crippen molar-refractivity contribution in [1.82, 2.24) is 5.48 Å². The van der Waals surface area contributed by atoms with Crippen LogP contribution in [0.25, 0.3) is 0 Å². The second-order valence-corrected chi connectivity index (χ2v) is 2.89. The van der Waals surface area contributed by atoms with Crippen molar-refractivity contribution in [2.45, 2.75) is 12.5 Å². The maximum atomic E-state index is 12.5. The Kier molecular flexibility index (Phi) is 1.98. The lowest BCUT2D eigenvalue weighted by molar-refractivity contribution is -0.124. The smallest absolute Gasteiger partial charge is 0.246 e. The van der Waals surface area contributed by atoms with Crippen LogP contribution in [0.3, 0.4) is 0 Å². The highest BCUT2D eigenvalue weighted by Gasteiger charge is 2.24. The average molecular weight is 181 g/mol. The van der Waals surface area contributed by atoms with Gasteiger partial charge in [0.05, 0.1) is 6.42 Å². The number of benzene rings is 1. The Morgan fingerprint density at radius 2 is 2.08 bits per heavy atom. The van der Waals surface area contributed by atoms with Crippen molar-refractivity contribution in [3.8, 4) is 0 Å². The van der Waals surface area contributed by atoms with Gasteiger partial charge in [0.2, 0.25) is 5.91 Å². The molecule has 13 heavy (non-hydrogen) atoms. The minimum atomic E-state index is -0.291. The van der Waals surface area contributed by atoms with Crippen molar-refractivity contribution in [3.05, 3.63) is 35.6 Å². The molecule has 2 rings (SSSR count). The molecule has 0 aliphatic carbocycles. The van der Waals surface area contributed by atoms with Gasteiger partial charge in [0.1, 0.15) is 11.9 Å². The molecule has 1 heterocycles. The quantitative estimate of drug-likeness (QED) is 0.709. The Hall–Kier alpha value is -1.42. The van der Waals surface area contributed by atoms with E-state index in [1.165, 1.54) is 12.1 Å². The van der Waals surface area contributed by atoms with Gasteiger partial charge in [0.15, 0.2) is 0 Å². The highest BCUT2D eigenvalue weighted by Crippen LogP contribution is 2.23. The fourth-order valence-corrected chi connectivity index (χ4v) is 1.25. The van der Waals surface area contributed by atoms with E-state index in [9.17, 15) is 9.18 Å². The lowest BCUT2D eigenvalue weighted by Gasteiger charge is -2.05. The number of hydrogen-bond donors (Lipinski definition) is 1. The molecule has 1 aliphatic rings. The van der Waals surface area contributed by atoms with Crippen LogP contribution in [-0.2, 0) is 9.63 Å². The number of carbonyl (C=O) groups excluding carboxylic acids is 1. The number of halogens is 1. The predicted octanol–water partition coefficient (Wildman–Crippen LogP) is 1.32. The lowest BCUT2D eigenvalue weighted by atomic mass is 10.1. The molecule has 4 heteroatoms. The van der Waals surface area contributed by atoms with E-state index < -0.39 is 0 Å². The molecule has 0 spiro atoms. The standard InChI is InChI=1S/C9H8FNO2/c10-7-3-1-6(2-4-7)8-5-9(12)11-13-8/h1-4,8H,5H2,(H,11,12). The molecule has 1 fully saturated rings. The fourth-order valence-electron chi connectivity index (χ4n) is 1.25. The Morgan fingerprint density at radius 3 is 2.62 bits per heavy atom. The molecule has 68 valence electrons. The van der Waals surface area contributed by atoms with E-state index in [-0.39, 0.29) is 17.8 Å². The zero-order chi connectivity index (χ0) is 9.26. The van der Waals surface area contributed by atoms with Gasteiger partial charge in [0, 0.05) is 0 Å². The predicted molar refractivity (Wildman–Crippen MR) is 43.0 cm³/mol. The summed E-state index contributed by atoms with van der Waals surface area (Å²) in [6, 6.07) is 5.92. The van der Waals surface area contributed by atoms with Gasteiger partial charge in [-0.05, 0) is 17.7 Å². The monoisotopic (exact) mass is 181 g/mol. The zero-order valence-electron chi connectivity index (χ0n) is 6.79. The molecule has 0 aromatic heterocycles. The summed E-state index contributed by atoms with van der Waals surface area (Å²) < 4.78 is 12.5. The van der Waals surface area contributed by atoms with Crippen LogP contribution >= 0.6 is 0 Å². The van der Waals surface area contributed by atoms with E-state index in [1.807, 2.05) is 0 Å². The highest BCUT2D eigenvalue weighted by molar-refractivity contribution is 5.77. The van der Waals surface area contributed by atoms with Gasteiger partial charge in [-0.15, -0.1) is 0 Å². The molecule has 1 atom stereocenters. The van der Waals surface area contributed by atoms with Crippen LogP contribution in [0.15, 0.2) is 24.3 Å². The van der Waals surface area contributed by atoms with Gasteiger partial charge in [-0.3, -0.25) is 9.63 Å². The Labute approximate surface area is 74.5 Å². The van der Waals surface area contributed by atoms with Crippen LogP contribution in [0.1, 0.15) is 18.1 Å².